The van der Waals surface area contributed by atoms with E-state index in [2.05, 4.69) is 11.1 Å². The van der Waals surface area contributed by atoms with Crippen LogP contribution in [0.15, 0.2) is 75.9 Å². The Kier molecular flexibility index (Phi) is 8.02. The molecule has 0 aliphatic heterocycles. The smallest absolute Gasteiger partial charge is 0.330 e. The number of nitrogens with one attached hydrogen (secondary N) is 1. The summed E-state index contributed by atoms with van der Waals surface area (Å²) in [5.74, 6) is -0.380. The largest absolute Gasteiger partial charge is 0.383 e. The summed E-state index contributed by atoms with van der Waals surface area (Å²) in [5.41, 5.74) is 7.20. The van der Waals surface area contributed by atoms with Crippen LogP contribution in [-0.2, 0) is 11.3 Å². The normalized spacial score (nSPS) is 14.1. The van der Waals surface area contributed by atoms with E-state index >= 15 is 0 Å². The van der Waals surface area contributed by atoms with Gasteiger partial charge in [0.25, 0.3) is 11.5 Å². The van der Waals surface area contributed by atoms with Crippen LogP contribution in [0.3, 0.4) is 0 Å². The fourth-order valence-corrected chi connectivity index (χ4v) is 3.82. The van der Waals surface area contributed by atoms with E-state index in [1.807, 2.05) is 43.3 Å². The van der Waals surface area contributed by atoms with Crippen molar-refractivity contribution in [3.05, 3.63) is 92.7 Å². The molecule has 0 radical (unpaired) electrons. The molecule has 1 heterocycles. The van der Waals surface area contributed by atoms with Gasteiger partial charge in [0.15, 0.2) is 5.69 Å². The number of benzene rings is 1. The van der Waals surface area contributed by atoms with Crippen LogP contribution < -0.4 is 21.9 Å². The predicted octanol–water partition coefficient (Wildman–Crippen LogP) is 3.52. The molecule has 1 aliphatic carbocycles. The number of aromatic nitrogens is 2. The van der Waals surface area contributed by atoms with E-state index in [1.165, 1.54) is 27.5 Å². The summed E-state index contributed by atoms with van der Waals surface area (Å²) >= 11 is 0. The Morgan fingerprint density at radius 2 is 1.97 bits per heavy atom. The van der Waals surface area contributed by atoms with Gasteiger partial charge in [-0.15, -0.1) is 0 Å². The summed E-state index contributed by atoms with van der Waals surface area (Å²) in [5, 5.41) is 0. The van der Waals surface area contributed by atoms with Gasteiger partial charge >= 0.3 is 5.69 Å². The van der Waals surface area contributed by atoms with Gasteiger partial charge in [0.1, 0.15) is 5.82 Å². The second-order valence-electron chi connectivity index (χ2n) is 7.80. The Morgan fingerprint density at radius 1 is 1.19 bits per heavy atom. The van der Waals surface area contributed by atoms with Gasteiger partial charge in [0.2, 0.25) is 0 Å². The van der Waals surface area contributed by atoms with Crippen molar-refractivity contribution in [3.63, 3.8) is 0 Å². The lowest BCUT2D eigenvalue weighted by Gasteiger charge is -2.24. The zero-order chi connectivity index (χ0) is 22.9. The molecule has 0 fully saturated rings. The lowest BCUT2D eigenvalue weighted by Crippen LogP contribution is -2.41. The molecule has 7 nitrogen and oxygen atoms in total. The average molecular weight is 435 g/mol. The molecule has 1 amide bonds. The third-order valence-electron chi connectivity index (χ3n) is 5.52. The minimum absolute atomic E-state index is 0.00655. The van der Waals surface area contributed by atoms with Crippen LogP contribution in [0.4, 0.5) is 11.5 Å². The first kappa shape index (κ1) is 23.1. The summed E-state index contributed by atoms with van der Waals surface area (Å²) in [4.78, 5) is 42.1. The molecule has 3 rings (SSSR count). The molecule has 7 heteroatoms. The number of allylic oxidation sites excluding steroid dienone is 4. The number of nitrogens with zero attached hydrogens (tertiary/aromatic N) is 2. The van der Waals surface area contributed by atoms with Crippen molar-refractivity contribution < 1.29 is 4.79 Å². The van der Waals surface area contributed by atoms with Gasteiger partial charge in [-0.3, -0.25) is 19.1 Å². The van der Waals surface area contributed by atoms with Gasteiger partial charge in [-0.05, 0) is 44.6 Å². The van der Waals surface area contributed by atoms with Crippen LogP contribution in [-0.4, -0.2) is 22.0 Å². The maximum atomic E-state index is 13.0. The van der Waals surface area contributed by atoms with Crippen LogP contribution in [0.5, 0.6) is 0 Å². The molecule has 32 heavy (non-hydrogen) atoms. The predicted molar refractivity (Wildman–Crippen MR) is 129 cm³/mol. The molecule has 0 saturated heterocycles. The van der Waals surface area contributed by atoms with Gasteiger partial charge in [-0.1, -0.05) is 60.2 Å². The van der Waals surface area contributed by atoms with E-state index in [-0.39, 0.29) is 24.0 Å². The highest BCUT2D eigenvalue weighted by atomic mass is 16.2. The molecule has 0 saturated carbocycles. The van der Waals surface area contributed by atoms with Crippen LogP contribution in [0.2, 0.25) is 0 Å². The van der Waals surface area contributed by atoms with Crippen LogP contribution >= 0.6 is 0 Å². The molecule has 0 atom stereocenters. The third kappa shape index (κ3) is 5.75. The molecule has 1 aromatic heterocycles. The van der Waals surface area contributed by atoms with Gasteiger partial charge in [0.05, 0.1) is 6.54 Å². The number of carbonyl (C=O) groups excluding carboxylic acids is 1. The lowest BCUT2D eigenvalue weighted by atomic mass is 9.97. The van der Waals surface area contributed by atoms with Crippen molar-refractivity contribution in [1.82, 2.24) is 9.55 Å². The monoisotopic (exact) mass is 434 g/mol. The fraction of sp³-hybridized carbons (Fsp3) is 0.320. The molecular weight excluding hydrogens is 404 g/mol. The van der Waals surface area contributed by atoms with Crippen molar-refractivity contribution in [2.75, 3.05) is 17.2 Å². The maximum absolute atomic E-state index is 13.0. The number of anilines is 2. The molecule has 1 aromatic carbocycles. The number of nitrogens with two attached hydrogens (primary N) is 1. The molecule has 3 N–H and O–H groups in total. The minimum Gasteiger partial charge on any atom is -0.383 e. The van der Waals surface area contributed by atoms with E-state index in [0.717, 1.165) is 24.8 Å². The molecule has 2 aromatic rings. The quantitative estimate of drug-likeness (QED) is 0.377. The molecular formula is C25H30N4O3. The summed E-state index contributed by atoms with van der Waals surface area (Å²) in [6.07, 6.45) is 13.8. The number of carbonyl (C=O) groups is 1. The van der Waals surface area contributed by atoms with E-state index in [9.17, 15) is 14.4 Å². The Balaban J connectivity index is 2.00. The second-order valence-corrected chi connectivity index (χ2v) is 7.80. The number of aromatic amines is 1. The third-order valence-corrected chi connectivity index (χ3v) is 5.52. The number of rotatable bonds is 8. The van der Waals surface area contributed by atoms with Gasteiger partial charge in [-0.2, -0.15) is 0 Å². The first-order valence-electron chi connectivity index (χ1n) is 11.0. The summed E-state index contributed by atoms with van der Waals surface area (Å²) in [6, 6.07) is 9.35. The van der Waals surface area contributed by atoms with Crippen molar-refractivity contribution in [1.29, 1.82) is 0 Å². The van der Waals surface area contributed by atoms with E-state index in [4.69, 9.17) is 5.73 Å². The topological polar surface area (TPSA) is 101 Å². The molecule has 168 valence electrons. The Hall–Kier alpha value is -3.61. The van der Waals surface area contributed by atoms with E-state index in [0.29, 0.717) is 13.0 Å². The van der Waals surface area contributed by atoms with Crippen molar-refractivity contribution in [2.45, 2.75) is 45.6 Å². The number of nitrogen functional groups attached to an aromatic ring is 1. The van der Waals surface area contributed by atoms with Crippen molar-refractivity contribution in [2.24, 2.45) is 0 Å². The highest BCUT2D eigenvalue weighted by Gasteiger charge is 2.23. The highest BCUT2D eigenvalue weighted by Crippen LogP contribution is 2.23. The fourth-order valence-electron chi connectivity index (χ4n) is 3.82. The van der Waals surface area contributed by atoms with Gasteiger partial charge in [-0.25, -0.2) is 4.79 Å². The zero-order valence-electron chi connectivity index (χ0n) is 18.4. The van der Waals surface area contributed by atoms with Gasteiger partial charge < -0.3 is 10.6 Å². The Bertz CT molecular complexity index is 1140. The number of amides is 1. The molecule has 0 spiro atoms. The molecule has 0 unspecified atom stereocenters. The number of H-pyrrole nitrogens is 1. The van der Waals surface area contributed by atoms with Crippen LogP contribution in [0.1, 0.15) is 44.6 Å². The summed E-state index contributed by atoms with van der Waals surface area (Å²) in [7, 11) is 0. The molecule has 0 bridgehead atoms. The average Bonchev–Trinajstić information content (AvgIpc) is 2.80. The maximum Gasteiger partial charge on any atom is 0.330 e. The van der Waals surface area contributed by atoms with Crippen LogP contribution in [0.25, 0.3) is 0 Å². The Morgan fingerprint density at radius 3 is 2.66 bits per heavy atom. The second kappa shape index (κ2) is 11.1. The van der Waals surface area contributed by atoms with E-state index in [1.54, 1.807) is 12.2 Å². The molecule has 1 aliphatic rings. The zero-order valence-corrected chi connectivity index (χ0v) is 18.4. The highest BCUT2D eigenvalue weighted by molar-refractivity contribution is 6.03. The standard InChI is InChI=1S/C25H30N4O3/c1-2-3-6-15-21(30)28(17-16-19-11-7-4-8-12-19)22-23(26)29(25(32)27-24(22)31)18-20-13-9-5-10-14-20/h2-3,5-6,9-11,13-15H,4,7-8,12,16-18,26H2,1H3,(H,27,31,32)/b3-2+,15-6+. The summed E-state index contributed by atoms with van der Waals surface area (Å²) in [6.45, 7) is 2.35. The number of hydrogen-bond donors (Lipinski definition) is 2. The Labute approximate surface area is 187 Å². The SMILES string of the molecule is C/C=C/C=C/C(=O)N(CCC1=CCCCC1)c1c(N)n(Cc2ccccc2)c(=O)[nH]c1=O. The van der Waals surface area contributed by atoms with Gasteiger partial charge in [0, 0.05) is 12.6 Å². The van der Waals surface area contributed by atoms with Crippen molar-refractivity contribution >= 4 is 17.4 Å². The van der Waals surface area contributed by atoms with Crippen molar-refractivity contribution in [3.8, 4) is 0 Å². The lowest BCUT2D eigenvalue weighted by molar-refractivity contribution is -0.114. The minimum atomic E-state index is -0.665. The van der Waals surface area contributed by atoms with E-state index < -0.39 is 11.2 Å². The summed E-state index contributed by atoms with van der Waals surface area (Å²) < 4.78 is 1.29. The number of hydrogen-bond acceptors (Lipinski definition) is 4. The first-order valence-corrected chi connectivity index (χ1v) is 11.0. The van der Waals surface area contributed by atoms with Crippen LogP contribution in [0, 0.1) is 0 Å². The first-order chi connectivity index (χ1) is 15.5.